The van der Waals surface area contributed by atoms with Crippen molar-refractivity contribution in [3.8, 4) is 5.75 Å². The molecule has 18 heavy (non-hydrogen) atoms. The van der Waals surface area contributed by atoms with Crippen LogP contribution in [0.1, 0.15) is 17.9 Å². The molecule has 0 saturated carbocycles. The summed E-state index contributed by atoms with van der Waals surface area (Å²) in [5, 5.41) is 11.4. The zero-order valence-corrected chi connectivity index (χ0v) is 10.6. The summed E-state index contributed by atoms with van der Waals surface area (Å²) in [6.45, 7) is 0.727. The summed E-state index contributed by atoms with van der Waals surface area (Å²) in [4.78, 5) is 0. The van der Waals surface area contributed by atoms with Crippen LogP contribution in [0.4, 0.5) is 0 Å². The second-order valence-corrected chi connectivity index (χ2v) is 4.42. The van der Waals surface area contributed by atoms with Crippen molar-refractivity contribution in [3.05, 3.63) is 42.0 Å². The molecule has 0 aliphatic heterocycles. The molecular weight excluding hydrogens is 226 g/mol. The van der Waals surface area contributed by atoms with E-state index in [-0.39, 0.29) is 12.5 Å². The van der Waals surface area contributed by atoms with Gasteiger partial charge in [-0.15, -0.1) is 0 Å². The van der Waals surface area contributed by atoms with Gasteiger partial charge in [-0.3, -0.25) is 0 Å². The standard InChI is InChI=1S/C15H19NO2/c1-18-15-5-4-11-8-12(2-3-13(11)9-15)14(10-16)6-7-17/h2-5,8-9,14,17H,6-7,10,16H2,1H3. The fourth-order valence-electron chi connectivity index (χ4n) is 2.20. The number of fused-ring (bicyclic) bond motifs is 1. The van der Waals surface area contributed by atoms with Crippen LogP contribution in [0.3, 0.4) is 0 Å². The molecule has 0 aliphatic carbocycles. The molecule has 0 spiro atoms. The van der Waals surface area contributed by atoms with Gasteiger partial charge in [-0.05, 0) is 47.4 Å². The number of aliphatic hydroxyl groups is 1. The van der Waals surface area contributed by atoms with E-state index in [4.69, 9.17) is 15.6 Å². The number of benzene rings is 2. The molecule has 2 aromatic carbocycles. The summed E-state index contributed by atoms with van der Waals surface area (Å²) in [6.07, 6.45) is 0.707. The van der Waals surface area contributed by atoms with E-state index >= 15 is 0 Å². The van der Waals surface area contributed by atoms with Crippen molar-refractivity contribution in [3.63, 3.8) is 0 Å². The smallest absolute Gasteiger partial charge is 0.119 e. The summed E-state index contributed by atoms with van der Waals surface area (Å²) in [5.41, 5.74) is 6.93. The highest BCUT2D eigenvalue weighted by atomic mass is 16.5. The van der Waals surface area contributed by atoms with Crippen LogP contribution in [0.25, 0.3) is 10.8 Å². The van der Waals surface area contributed by atoms with Crippen LogP contribution in [0, 0.1) is 0 Å². The summed E-state index contributed by atoms with van der Waals surface area (Å²) < 4.78 is 5.21. The Kier molecular flexibility index (Phi) is 4.18. The van der Waals surface area contributed by atoms with Gasteiger partial charge in [0, 0.05) is 6.61 Å². The van der Waals surface area contributed by atoms with Gasteiger partial charge in [0.25, 0.3) is 0 Å². The quantitative estimate of drug-likeness (QED) is 0.849. The molecule has 0 fully saturated rings. The molecular formula is C15H19NO2. The Labute approximate surface area is 107 Å². The van der Waals surface area contributed by atoms with Gasteiger partial charge >= 0.3 is 0 Å². The Morgan fingerprint density at radius 3 is 2.56 bits per heavy atom. The van der Waals surface area contributed by atoms with E-state index in [2.05, 4.69) is 18.2 Å². The third-order valence-corrected chi connectivity index (χ3v) is 3.30. The third-order valence-electron chi connectivity index (χ3n) is 3.30. The average Bonchev–Trinajstić information content (AvgIpc) is 2.43. The van der Waals surface area contributed by atoms with E-state index < -0.39 is 0 Å². The number of methoxy groups -OCH3 is 1. The Balaban J connectivity index is 2.37. The van der Waals surface area contributed by atoms with E-state index in [0.29, 0.717) is 13.0 Å². The van der Waals surface area contributed by atoms with E-state index in [9.17, 15) is 0 Å². The molecule has 1 atom stereocenters. The molecule has 96 valence electrons. The average molecular weight is 245 g/mol. The van der Waals surface area contributed by atoms with Crippen molar-refractivity contribution in [1.82, 2.24) is 0 Å². The highest BCUT2D eigenvalue weighted by Crippen LogP contribution is 2.26. The summed E-state index contributed by atoms with van der Waals surface area (Å²) in [6, 6.07) is 12.3. The Hall–Kier alpha value is -1.58. The lowest BCUT2D eigenvalue weighted by atomic mass is 9.94. The van der Waals surface area contributed by atoms with Gasteiger partial charge in [0.1, 0.15) is 5.75 Å². The molecule has 0 aromatic heterocycles. The second-order valence-electron chi connectivity index (χ2n) is 4.42. The van der Waals surface area contributed by atoms with Crippen molar-refractivity contribution < 1.29 is 9.84 Å². The van der Waals surface area contributed by atoms with Crippen molar-refractivity contribution in [2.75, 3.05) is 20.3 Å². The number of hydrogen-bond donors (Lipinski definition) is 2. The van der Waals surface area contributed by atoms with Crippen LogP contribution >= 0.6 is 0 Å². The number of hydrogen-bond acceptors (Lipinski definition) is 3. The number of aliphatic hydroxyl groups excluding tert-OH is 1. The van der Waals surface area contributed by atoms with Crippen LogP contribution in [0.15, 0.2) is 36.4 Å². The second kappa shape index (κ2) is 5.85. The molecule has 0 heterocycles. The molecule has 3 nitrogen and oxygen atoms in total. The van der Waals surface area contributed by atoms with Crippen LogP contribution < -0.4 is 10.5 Å². The third kappa shape index (κ3) is 2.63. The van der Waals surface area contributed by atoms with Crippen LogP contribution in [0.2, 0.25) is 0 Å². The molecule has 0 radical (unpaired) electrons. The lowest BCUT2D eigenvalue weighted by Crippen LogP contribution is -2.13. The molecule has 0 amide bonds. The van der Waals surface area contributed by atoms with Crippen molar-refractivity contribution in [1.29, 1.82) is 0 Å². The Morgan fingerprint density at radius 1 is 1.17 bits per heavy atom. The Bertz CT molecular complexity index is 525. The minimum absolute atomic E-state index is 0.169. The molecule has 3 heteroatoms. The van der Waals surface area contributed by atoms with E-state index in [1.165, 1.54) is 10.9 Å². The highest BCUT2D eigenvalue weighted by Gasteiger charge is 2.09. The first-order valence-corrected chi connectivity index (χ1v) is 6.17. The van der Waals surface area contributed by atoms with Crippen LogP contribution in [0.5, 0.6) is 5.75 Å². The SMILES string of the molecule is COc1ccc2cc(C(CN)CCO)ccc2c1. The predicted octanol–water partition coefficient (Wildman–Crippen LogP) is 2.27. The van der Waals surface area contributed by atoms with Gasteiger partial charge in [0.2, 0.25) is 0 Å². The molecule has 1 unspecified atom stereocenters. The first-order chi connectivity index (χ1) is 8.78. The van der Waals surface area contributed by atoms with E-state index in [1.54, 1.807) is 7.11 Å². The molecule has 0 aliphatic rings. The molecule has 3 N–H and O–H groups in total. The molecule has 0 saturated heterocycles. The summed E-state index contributed by atoms with van der Waals surface area (Å²) in [7, 11) is 1.67. The topological polar surface area (TPSA) is 55.5 Å². The van der Waals surface area contributed by atoms with Crippen LogP contribution in [-0.2, 0) is 0 Å². The normalized spacial score (nSPS) is 12.6. The lowest BCUT2D eigenvalue weighted by molar-refractivity contribution is 0.276. The van der Waals surface area contributed by atoms with Gasteiger partial charge in [-0.1, -0.05) is 24.3 Å². The van der Waals surface area contributed by atoms with Gasteiger partial charge in [0.05, 0.1) is 7.11 Å². The minimum Gasteiger partial charge on any atom is -0.497 e. The molecule has 0 bridgehead atoms. The maximum Gasteiger partial charge on any atom is 0.119 e. The van der Waals surface area contributed by atoms with Gasteiger partial charge in [-0.25, -0.2) is 0 Å². The zero-order valence-electron chi connectivity index (χ0n) is 10.6. The Morgan fingerprint density at radius 2 is 1.89 bits per heavy atom. The first-order valence-electron chi connectivity index (χ1n) is 6.17. The predicted molar refractivity (Wildman–Crippen MR) is 74.0 cm³/mol. The van der Waals surface area contributed by atoms with Crippen molar-refractivity contribution >= 4 is 10.8 Å². The minimum atomic E-state index is 0.169. The number of rotatable bonds is 5. The monoisotopic (exact) mass is 245 g/mol. The number of nitrogens with two attached hydrogens (primary N) is 1. The highest BCUT2D eigenvalue weighted by molar-refractivity contribution is 5.84. The van der Waals surface area contributed by atoms with Crippen molar-refractivity contribution in [2.24, 2.45) is 5.73 Å². The summed E-state index contributed by atoms with van der Waals surface area (Å²) in [5.74, 6) is 1.09. The van der Waals surface area contributed by atoms with E-state index in [0.717, 1.165) is 11.1 Å². The van der Waals surface area contributed by atoms with Gasteiger partial charge < -0.3 is 15.6 Å². The summed E-state index contributed by atoms with van der Waals surface area (Å²) >= 11 is 0. The van der Waals surface area contributed by atoms with E-state index in [1.807, 2.05) is 18.2 Å². The zero-order chi connectivity index (χ0) is 13.0. The van der Waals surface area contributed by atoms with Gasteiger partial charge in [-0.2, -0.15) is 0 Å². The van der Waals surface area contributed by atoms with Crippen LogP contribution in [-0.4, -0.2) is 25.4 Å². The largest absolute Gasteiger partial charge is 0.497 e. The van der Waals surface area contributed by atoms with Gasteiger partial charge in [0.15, 0.2) is 0 Å². The number of ether oxygens (including phenoxy) is 1. The fraction of sp³-hybridized carbons (Fsp3) is 0.333. The van der Waals surface area contributed by atoms with Crippen molar-refractivity contribution in [2.45, 2.75) is 12.3 Å². The maximum atomic E-state index is 9.04. The molecule has 2 aromatic rings. The first kappa shape index (κ1) is 12.9. The lowest BCUT2D eigenvalue weighted by Gasteiger charge is -2.14. The maximum absolute atomic E-state index is 9.04. The fourth-order valence-corrected chi connectivity index (χ4v) is 2.20. The molecule has 2 rings (SSSR count).